The quantitative estimate of drug-likeness (QED) is 0.724. The molecule has 0 aromatic carbocycles. The predicted octanol–water partition coefficient (Wildman–Crippen LogP) is 3.91. The molecular formula is C15H26BrNO3. The second kappa shape index (κ2) is 6.92. The lowest BCUT2D eigenvalue weighted by atomic mass is 9.77. The molecule has 0 N–H and O–H groups in total. The van der Waals surface area contributed by atoms with Crippen LogP contribution in [0.4, 0.5) is 4.79 Å². The van der Waals surface area contributed by atoms with Crippen LogP contribution in [0.5, 0.6) is 0 Å². The Kier molecular flexibility index (Phi) is 6.05. The minimum atomic E-state index is -0.513. The van der Waals surface area contributed by atoms with Crippen LogP contribution >= 0.6 is 15.9 Å². The molecule has 1 aliphatic carbocycles. The number of amides is 1. The predicted molar refractivity (Wildman–Crippen MR) is 83.2 cm³/mol. The van der Waals surface area contributed by atoms with E-state index in [0.717, 1.165) is 25.7 Å². The molecule has 0 radical (unpaired) electrons. The number of alkyl halides is 1. The first kappa shape index (κ1) is 17.5. The highest BCUT2D eigenvalue weighted by Gasteiger charge is 2.41. The van der Waals surface area contributed by atoms with Gasteiger partial charge in [-0.3, -0.25) is 4.79 Å². The molecule has 0 atom stereocenters. The normalized spacial score (nSPS) is 18.4. The number of halogens is 1. The molecule has 1 aliphatic rings. The maximum absolute atomic E-state index is 12.3. The topological polar surface area (TPSA) is 46.6 Å². The van der Waals surface area contributed by atoms with Gasteiger partial charge in [0.2, 0.25) is 0 Å². The van der Waals surface area contributed by atoms with Gasteiger partial charge in [-0.2, -0.15) is 0 Å². The summed E-state index contributed by atoms with van der Waals surface area (Å²) >= 11 is 3.22. The molecular weight excluding hydrogens is 322 g/mol. The number of hydrogen-bond donors (Lipinski definition) is 0. The van der Waals surface area contributed by atoms with Gasteiger partial charge in [-0.15, -0.1) is 0 Å². The van der Waals surface area contributed by atoms with E-state index in [1.54, 1.807) is 11.9 Å². The highest BCUT2D eigenvalue weighted by molar-refractivity contribution is 9.09. The molecule has 0 spiro atoms. The summed E-state index contributed by atoms with van der Waals surface area (Å²) in [4.78, 5) is 25.9. The number of hydrogen-bond acceptors (Lipinski definition) is 3. The second-order valence-electron chi connectivity index (χ2n) is 6.67. The fourth-order valence-corrected chi connectivity index (χ4v) is 2.98. The van der Waals surface area contributed by atoms with Crippen LogP contribution in [0.2, 0.25) is 0 Å². The Bertz CT molecular complexity index is 357. The van der Waals surface area contributed by atoms with Crippen LogP contribution < -0.4 is 0 Å². The van der Waals surface area contributed by atoms with Crippen LogP contribution in [0.15, 0.2) is 0 Å². The number of Topliss-reactive ketones (excluding diaryl/α,β-unsaturated/α-hetero) is 1. The summed E-state index contributed by atoms with van der Waals surface area (Å²) in [5, 5.41) is 0.344. The number of carbonyl (C=O) groups is 2. The maximum atomic E-state index is 12.3. The fourth-order valence-electron chi connectivity index (χ4n) is 2.78. The van der Waals surface area contributed by atoms with E-state index in [1.807, 2.05) is 20.8 Å². The Morgan fingerprint density at radius 1 is 1.20 bits per heavy atom. The van der Waals surface area contributed by atoms with Gasteiger partial charge in [-0.1, -0.05) is 35.2 Å². The Hall–Kier alpha value is -0.580. The van der Waals surface area contributed by atoms with Gasteiger partial charge in [0.15, 0.2) is 0 Å². The van der Waals surface area contributed by atoms with Crippen molar-refractivity contribution in [3.63, 3.8) is 0 Å². The van der Waals surface area contributed by atoms with Gasteiger partial charge in [0, 0.05) is 13.5 Å². The zero-order valence-electron chi connectivity index (χ0n) is 13.0. The Balaban J connectivity index is 2.86. The molecule has 0 heterocycles. The highest BCUT2D eigenvalue weighted by Crippen LogP contribution is 2.37. The van der Waals surface area contributed by atoms with E-state index in [4.69, 9.17) is 4.74 Å². The van der Waals surface area contributed by atoms with Gasteiger partial charge >= 0.3 is 6.09 Å². The lowest BCUT2D eigenvalue weighted by Crippen LogP contribution is -2.53. The van der Waals surface area contributed by atoms with Gasteiger partial charge < -0.3 is 9.64 Å². The average molecular weight is 348 g/mol. The summed E-state index contributed by atoms with van der Waals surface area (Å²) in [6.45, 7) is 5.57. The van der Waals surface area contributed by atoms with Gasteiger partial charge in [0.05, 0.1) is 10.9 Å². The van der Waals surface area contributed by atoms with E-state index in [0.29, 0.717) is 11.8 Å². The smallest absolute Gasteiger partial charge is 0.410 e. The molecule has 0 bridgehead atoms. The summed E-state index contributed by atoms with van der Waals surface area (Å²) in [7, 11) is 1.76. The van der Waals surface area contributed by atoms with Crippen molar-refractivity contribution in [3.05, 3.63) is 0 Å². The standard InChI is InChI=1S/C15H26BrNO3/c1-14(2,3)20-13(19)17(4)15(10-12(18)11-16)8-6-5-7-9-15/h5-11H2,1-4H3. The summed E-state index contributed by atoms with van der Waals surface area (Å²) in [6.07, 6.45) is 5.12. The van der Waals surface area contributed by atoms with Crippen molar-refractivity contribution in [2.45, 2.75) is 70.4 Å². The molecule has 4 nitrogen and oxygen atoms in total. The van der Waals surface area contributed by atoms with Crippen molar-refractivity contribution in [1.29, 1.82) is 0 Å². The van der Waals surface area contributed by atoms with Crippen molar-refractivity contribution in [1.82, 2.24) is 4.90 Å². The summed E-state index contributed by atoms with van der Waals surface area (Å²) in [5.41, 5.74) is -0.883. The largest absolute Gasteiger partial charge is 0.444 e. The van der Waals surface area contributed by atoms with Crippen LogP contribution in [0.3, 0.4) is 0 Å². The van der Waals surface area contributed by atoms with E-state index in [1.165, 1.54) is 6.42 Å². The third-order valence-electron chi connectivity index (χ3n) is 3.84. The first-order valence-corrected chi connectivity index (χ1v) is 8.37. The Labute approximate surface area is 130 Å². The molecule has 0 saturated heterocycles. The number of ether oxygens (including phenoxy) is 1. The van der Waals surface area contributed by atoms with Crippen molar-refractivity contribution in [2.24, 2.45) is 0 Å². The Morgan fingerprint density at radius 2 is 1.75 bits per heavy atom. The molecule has 0 aliphatic heterocycles. The third kappa shape index (κ3) is 4.76. The summed E-state index contributed by atoms with van der Waals surface area (Å²) in [6, 6.07) is 0. The molecule has 1 amide bonds. The average Bonchev–Trinajstić information content (AvgIpc) is 2.36. The minimum absolute atomic E-state index is 0.141. The molecule has 1 rings (SSSR count). The van der Waals surface area contributed by atoms with Crippen molar-refractivity contribution < 1.29 is 14.3 Å². The molecule has 5 heteroatoms. The van der Waals surface area contributed by atoms with Crippen LogP contribution in [-0.4, -0.2) is 40.3 Å². The number of rotatable bonds is 4. The number of nitrogens with zero attached hydrogens (tertiary/aromatic N) is 1. The monoisotopic (exact) mass is 347 g/mol. The SMILES string of the molecule is CN(C(=O)OC(C)(C)C)C1(CC(=O)CBr)CCCCC1. The van der Waals surface area contributed by atoms with Gasteiger partial charge in [0.25, 0.3) is 0 Å². The van der Waals surface area contributed by atoms with E-state index in [-0.39, 0.29) is 17.4 Å². The third-order valence-corrected chi connectivity index (χ3v) is 4.46. The van der Waals surface area contributed by atoms with Crippen LogP contribution in [0.25, 0.3) is 0 Å². The lowest BCUT2D eigenvalue weighted by molar-refractivity contribution is -0.119. The number of ketones is 1. The lowest BCUT2D eigenvalue weighted by Gasteiger charge is -2.44. The van der Waals surface area contributed by atoms with Crippen LogP contribution in [0, 0.1) is 0 Å². The van der Waals surface area contributed by atoms with Crippen LogP contribution in [-0.2, 0) is 9.53 Å². The molecule has 0 aromatic rings. The van der Waals surface area contributed by atoms with Crippen LogP contribution in [0.1, 0.15) is 59.3 Å². The molecule has 0 aromatic heterocycles. The molecule has 0 unspecified atom stereocenters. The first-order chi connectivity index (χ1) is 9.20. The zero-order chi connectivity index (χ0) is 15.4. The minimum Gasteiger partial charge on any atom is -0.444 e. The summed E-state index contributed by atoms with van der Waals surface area (Å²) in [5.74, 6) is 0.141. The van der Waals surface area contributed by atoms with E-state index in [9.17, 15) is 9.59 Å². The maximum Gasteiger partial charge on any atom is 0.410 e. The van der Waals surface area contributed by atoms with E-state index >= 15 is 0 Å². The van der Waals surface area contributed by atoms with Gasteiger partial charge in [-0.25, -0.2) is 4.79 Å². The second-order valence-corrected chi connectivity index (χ2v) is 7.23. The van der Waals surface area contributed by atoms with Gasteiger partial charge in [0.1, 0.15) is 11.4 Å². The molecule has 1 fully saturated rings. The molecule has 20 heavy (non-hydrogen) atoms. The summed E-state index contributed by atoms with van der Waals surface area (Å²) < 4.78 is 5.46. The fraction of sp³-hybridized carbons (Fsp3) is 0.867. The van der Waals surface area contributed by atoms with Gasteiger partial charge in [-0.05, 0) is 33.6 Å². The highest BCUT2D eigenvalue weighted by atomic mass is 79.9. The molecule has 116 valence electrons. The zero-order valence-corrected chi connectivity index (χ0v) is 14.6. The van der Waals surface area contributed by atoms with E-state index < -0.39 is 5.60 Å². The van der Waals surface area contributed by atoms with E-state index in [2.05, 4.69) is 15.9 Å². The van der Waals surface area contributed by atoms with Crippen molar-refractivity contribution in [2.75, 3.05) is 12.4 Å². The van der Waals surface area contributed by atoms with Crippen molar-refractivity contribution >= 4 is 27.8 Å². The number of carbonyl (C=O) groups excluding carboxylic acids is 2. The molecule has 1 saturated carbocycles. The van der Waals surface area contributed by atoms with Crippen molar-refractivity contribution in [3.8, 4) is 0 Å². The first-order valence-electron chi connectivity index (χ1n) is 7.25. The Morgan fingerprint density at radius 3 is 2.20 bits per heavy atom.